The van der Waals surface area contributed by atoms with E-state index in [2.05, 4.69) is 49.1 Å². The van der Waals surface area contributed by atoms with Crippen LogP contribution in [0, 0.1) is 27.3 Å². The molecule has 2 aromatic carbocycles. The third-order valence-corrected chi connectivity index (χ3v) is 6.26. The summed E-state index contributed by atoms with van der Waals surface area (Å²) in [5, 5.41) is 0. The van der Waals surface area contributed by atoms with Crippen LogP contribution in [0.5, 0.6) is 0 Å². The van der Waals surface area contributed by atoms with Crippen LogP contribution >= 0.6 is 19.4 Å². The molecule has 0 atom stereocenters. The second-order valence-electron chi connectivity index (χ2n) is 6.65. The molecular formula is C22H26Cl2NO2Ru-. The second kappa shape index (κ2) is 11.1. The van der Waals surface area contributed by atoms with E-state index in [1.165, 1.54) is 48.9 Å². The van der Waals surface area contributed by atoms with Crippen LogP contribution in [0.3, 0.4) is 0 Å². The van der Waals surface area contributed by atoms with Crippen molar-refractivity contribution >= 4 is 35.6 Å². The summed E-state index contributed by atoms with van der Waals surface area (Å²) in [6.45, 7) is 10.1. The first-order valence-electron chi connectivity index (χ1n) is 9.01. The maximum atomic E-state index is 11.3. The molecule has 0 N–H and O–H groups in total. The smallest absolute Gasteiger partial charge is 0.0130 e. The van der Waals surface area contributed by atoms with Crippen LogP contribution in [-0.2, 0) is 18.3 Å². The van der Waals surface area contributed by atoms with E-state index in [4.69, 9.17) is 19.4 Å². The summed E-state index contributed by atoms with van der Waals surface area (Å²) >= 11 is -1.91. The minimum Gasteiger partial charge on any atom is -0.522 e. The molecular weight excluding hydrogens is 482 g/mol. The molecule has 0 bridgehead atoms. The average molecular weight is 508 g/mol. The predicted octanol–water partition coefficient (Wildman–Crippen LogP) is 5.92. The van der Waals surface area contributed by atoms with Gasteiger partial charge in [-0.25, -0.2) is 6.54 Å². The molecule has 3 nitrogen and oxygen atoms in total. The van der Waals surface area contributed by atoms with Crippen LogP contribution in [0.25, 0.3) is 0 Å². The Morgan fingerprint density at radius 3 is 2.36 bits per heavy atom. The molecule has 1 saturated heterocycles. The monoisotopic (exact) mass is 508 g/mol. The van der Waals surface area contributed by atoms with Gasteiger partial charge in [0.15, 0.2) is 0 Å². The fraction of sp³-hybridized carbons (Fsp3) is 0.318. The van der Waals surface area contributed by atoms with Gasteiger partial charge in [0.1, 0.15) is 0 Å². The Balaban J connectivity index is 0.000000200. The summed E-state index contributed by atoms with van der Waals surface area (Å²) in [5.74, 6) is -0.374. The zero-order valence-corrected chi connectivity index (χ0v) is 19.9. The van der Waals surface area contributed by atoms with Crippen molar-refractivity contribution in [3.63, 3.8) is 0 Å². The third-order valence-electron chi connectivity index (χ3n) is 4.43. The van der Waals surface area contributed by atoms with Crippen LogP contribution in [0.2, 0.25) is 0 Å². The number of rotatable bonds is 3. The van der Waals surface area contributed by atoms with E-state index in [0.29, 0.717) is 5.56 Å². The van der Waals surface area contributed by atoms with Crippen molar-refractivity contribution in [2.45, 2.75) is 33.6 Å². The number of halogens is 2. The Hall–Kier alpha value is -1.22. The number of aryl methyl sites for hydroxylation is 3. The van der Waals surface area contributed by atoms with Crippen molar-refractivity contribution in [3.8, 4) is 0 Å². The van der Waals surface area contributed by atoms with Gasteiger partial charge in [0.25, 0.3) is 0 Å². The van der Waals surface area contributed by atoms with Crippen LogP contribution in [0.4, 0.5) is 5.69 Å². The maximum Gasteiger partial charge on any atom is 0.0130 e. The Morgan fingerprint density at radius 2 is 1.82 bits per heavy atom. The SMILES string of the molecule is COC(=O)c1ccccc1[CH]=[Ru]([Cl])[Cl].Cc1cc(C)c(N2[CH-]CCC2)c(C)c1. The molecule has 0 saturated carbocycles. The van der Waals surface area contributed by atoms with Gasteiger partial charge >= 0.3 is 95.5 Å². The summed E-state index contributed by atoms with van der Waals surface area (Å²) in [6.07, 6.45) is 2.53. The van der Waals surface area contributed by atoms with Crippen molar-refractivity contribution in [1.29, 1.82) is 0 Å². The van der Waals surface area contributed by atoms with Crippen LogP contribution in [0.1, 0.15) is 45.5 Å². The van der Waals surface area contributed by atoms with Gasteiger partial charge in [-0.2, -0.15) is 6.42 Å². The molecule has 0 amide bonds. The van der Waals surface area contributed by atoms with Crippen molar-refractivity contribution in [3.05, 3.63) is 70.8 Å². The molecule has 0 aromatic heterocycles. The Bertz CT molecular complexity index is 834. The van der Waals surface area contributed by atoms with E-state index in [1.807, 2.05) is 6.07 Å². The minimum atomic E-state index is -1.91. The largest absolute Gasteiger partial charge is 0.522 e. The van der Waals surface area contributed by atoms with Gasteiger partial charge in [0.2, 0.25) is 0 Å². The van der Waals surface area contributed by atoms with E-state index >= 15 is 0 Å². The molecule has 1 aliphatic rings. The van der Waals surface area contributed by atoms with Crippen LogP contribution in [-0.4, -0.2) is 24.2 Å². The van der Waals surface area contributed by atoms with Crippen molar-refractivity contribution < 1.29 is 23.0 Å². The normalized spacial score (nSPS) is 13.5. The minimum absolute atomic E-state index is 0.374. The van der Waals surface area contributed by atoms with Gasteiger partial charge in [-0.15, -0.1) is 0 Å². The molecule has 3 rings (SSSR count). The number of esters is 1. The van der Waals surface area contributed by atoms with E-state index in [9.17, 15) is 4.79 Å². The Labute approximate surface area is 181 Å². The maximum absolute atomic E-state index is 11.3. The van der Waals surface area contributed by atoms with Crippen molar-refractivity contribution in [2.24, 2.45) is 0 Å². The molecule has 0 aliphatic carbocycles. The average Bonchev–Trinajstić information content (AvgIpc) is 3.15. The van der Waals surface area contributed by atoms with Gasteiger partial charge in [0, 0.05) is 5.69 Å². The van der Waals surface area contributed by atoms with E-state index in [-0.39, 0.29) is 5.97 Å². The fourth-order valence-electron chi connectivity index (χ4n) is 3.39. The summed E-state index contributed by atoms with van der Waals surface area (Å²) in [4.78, 5) is 13.7. The molecule has 28 heavy (non-hydrogen) atoms. The number of hydrogen-bond acceptors (Lipinski definition) is 3. The number of carbonyl (C=O) groups excluding carboxylic acids is 1. The summed E-state index contributed by atoms with van der Waals surface area (Å²) < 4.78 is 6.35. The first-order valence-corrected chi connectivity index (χ1v) is 14.5. The number of hydrogen-bond donors (Lipinski definition) is 0. The third kappa shape index (κ3) is 6.41. The van der Waals surface area contributed by atoms with E-state index in [0.717, 1.165) is 5.56 Å². The zero-order valence-electron chi connectivity index (χ0n) is 16.6. The first-order chi connectivity index (χ1) is 13.3. The number of anilines is 1. The first kappa shape index (κ1) is 23.1. The molecule has 1 fully saturated rings. The predicted molar refractivity (Wildman–Crippen MR) is 116 cm³/mol. The number of carbonyl (C=O) groups is 1. The van der Waals surface area contributed by atoms with Gasteiger partial charge in [-0.1, -0.05) is 24.1 Å². The standard InChI is InChI=1S/C13H18N.C9H8O2.2ClH.Ru/c1-10-8-11(2)13(12(3)9-10)14-6-4-5-7-14;1-7-5-3-4-6-8(7)9(10)11-2;;;/h6,8-9H,4-5,7H2,1-3H3;1,3-6H,2H3;2*1H;/q-1;;;;+2/p-2. The van der Waals surface area contributed by atoms with Gasteiger partial charge in [-0.3, -0.25) is 0 Å². The van der Waals surface area contributed by atoms with Crippen LogP contribution < -0.4 is 4.90 Å². The molecule has 154 valence electrons. The number of benzene rings is 2. The number of nitrogens with zero attached hydrogens (tertiary/aromatic N) is 1. The number of ether oxygens (including phenoxy) is 1. The summed E-state index contributed by atoms with van der Waals surface area (Å²) in [6, 6.07) is 11.6. The number of methoxy groups -OCH3 is 1. The van der Waals surface area contributed by atoms with Crippen molar-refractivity contribution in [1.82, 2.24) is 0 Å². The molecule has 0 unspecified atom stereocenters. The fourth-order valence-corrected chi connectivity index (χ4v) is 5.22. The van der Waals surface area contributed by atoms with Gasteiger partial charge in [-0.05, 0) is 38.4 Å². The molecule has 1 heterocycles. The topological polar surface area (TPSA) is 29.5 Å². The van der Waals surface area contributed by atoms with Crippen LogP contribution in [0.15, 0.2) is 36.4 Å². The molecule has 1 aliphatic heterocycles. The molecule has 0 spiro atoms. The van der Waals surface area contributed by atoms with Crippen molar-refractivity contribution in [2.75, 3.05) is 18.6 Å². The summed E-state index contributed by atoms with van der Waals surface area (Å²) in [7, 11) is 12.8. The van der Waals surface area contributed by atoms with E-state index in [1.54, 1.807) is 22.8 Å². The Morgan fingerprint density at radius 1 is 1.18 bits per heavy atom. The molecule has 2 aromatic rings. The summed E-state index contributed by atoms with van der Waals surface area (Å²) in [5.41, 5.74) is 6.83. The molecule has 6 heteroatoms. The van der Waals surface area contributed by atoms with Gasteiger partial charge in [0.05, 0.1) is 0 Å². The second-order valence-corrected chi connectivity index (χ2v) is 12.4. The zero-order chi connectivity index (χ0) is 20.7. The Kier molecular flexibility index (Phi) is 9.14. The van der Waals surface area contributed by atoms with E-state index < -0.39 is 13.5 Å². The van der Waals surface area contributed by atoms with Gasteiger partial charge < -0.3 is 4.90 Å². The molecule has 0 radical (unpaired) electrons. The quantitative estimate of drug-likeness (QED) is 0.293.